The second-order valence-electron chi connectivity index (χ2n) is 5.76. The van der Waals surface area contributed by atoms with E-state index in [1.165, 1.54) is 5.56 Å². The van der Waals surface area contributed by atoms with E-state index < -0.39 is 5.97 Å². The van der Waals surface area contributed by atoms with Crippen molar-refractivity contribution in [2.45, 2.75) is 25.8 Å². The number of carboxylic acid groups (broad SMARTS) is 1. The maximum absolute atomic E-state index is 11.9. The van der Waals surface area contributed by atoms with Crippen LogP contribution < -0.4 is 4.74 Å². The number of hydrogen-bond donors (Lipinski definition) is 1. The Balaban J connectivity index is 1.85. The summed E-state index contributed by atoms with van der Waals surface area (Å²) in [5.41, 5.74) is 1.22. The molecule has 0 spiro atoms. The van der Waals surface area contributed by atoms with Crippen molar-refractivity contribution in [3.8, 4) is 5.75 Å². The third-order valence-electron chi connectivity index (χ3n) is 4.37. The Kier molecular flexibility index (Phi) is 5.98. The molecule has 1 fully saturated rings. The number of rotatable bonds is 6. The molecule has 126 valence electrons. The van der Waals surface area contributed by atoms with Crippen molar-refractivity contribution >= 4 is 11.9 Å². The molecule has 0 saturated carbocycles. The van der Waals surface area contributed by atoms with Gasteiger partial charge in [-0.1, -0.05) is 12.1 Å². The lowest BCUT2D eigenvalue weighted by molar-refractivity contribution is -0.141. The summed E-state index contributed by atoms with van der Waals surface area (Å²) in [6, 6.07) is 8.31. The summed E-state index contributed by atoms with van der Waals surface area (Å²) >= 11 is 0. The molecule has 6 nitrogen and oxygen atoms in total. The molecule has 1 atom stereocenters. The zero-order chi connectivity index (χ0) is 16.8. The van der Waals surface area contributed by atoms with Crippen molar-refractivity contribution in [3.05, 3.63) is 29.8 Å². The van der Waals surface area contributed by atoms with E-state index in [0.29, 0.717) is 13.1 Å². The molecule has 0 aliphatic carbocycles. The van der Waals surface area contributed by atoms with Gasteiger partial charge in [0.1, 0.15) is 5.75 Å². The van der Waals surface area contributed by atoms with E-state index in [2.05, 4.69) is 24.0 Å². The number of carbonyl (C=O) groups excluding carboxylic acids is 1. The summed E-state index contributed by atoms with van der Waals surface area (Å²) < 4.78 is 5.18. The van der Waals surface area contributed by atoms with Crippen molar-refractivity contribution in [1.29, 1.82) is 0 Å². The summed E-state index contributed by atoms with van der Waals surface area (Å²) in [4.78, 5) is 26.6. The van der Waals surface area contributed by atoms with Crippen molar-refractivity contribution in [2.75, 3.05) is 33.3 Å². The largest absolute Gasteiger partial charge is 0.497 e. The first kappa shape index (κ1) is 17.3. The van der Waals surface area contributed by atoms with Crippen LogP contribution in [0, 0.1) is 0 Å². The molecule has 1 aromatic rings. The fourth-order valence-electron chi connectivity index (χ4n) is 2.82. The zero-order valence-corrected chi connectivity index (χ0v) is 13.7. The van der Waals surface area contributed by atoms with Crippen molar-refractivity contribution in [1.82, 2.24) is 9.80 Å². The van der Waals surface area contributed by atoms with Crippen LogP contribution in [0.2, 0.25) is 0 Å². The van der Waals surface area contributed by atoms with E-state index in [-0.39, 0.29) is 24.8 Å². The smallest absolute Gasteiger partial charge is 0.303 e. The van der Waals surface area contributed by atoms with Crippen LogP contribution in [0.1, 0.15) is 31.4 Å². The lowest BCUT2D eigenvalue weighted by Gasteiger charge is -2.38. The zero-order valence-electron chi connectivity index (χ0n) is 13.7. The molecule has 2 rings (SSSR count). The standard InChI is InChI=1S/C17H24N2O4/c1-13(14-3-5-15(23-2)6-4-14)18-9-11-19(12-10-18)16(20)7-8-17(21)22/h3-6,13H,7-12H2,1-2H3,(H,21,22). The number of benzene rings is 1. The van der Waals surface area contributed by atoms with E-state index in [4.69, 9.17) is 9.84 Å². The van der Waals surface area contributed by atoms with Crippen molar-refractivity contribution < 1.29 is 19.4 Å². The van der Waals surface area contributed by atoms with Crippen LogP contribution in [0.3, 0.4) is 0 Å². The van der Waals surface area contributed by atoms with E-state index in [1.807, 2.05) is 12.1 Å². The van der Waals surface area contributed by atoms with Crippen LogP contribution in [0.15, 0.2) is 24.3 Å². The number of amides is 1. The van der Waals surface area contributed by atoms with Gasteiger partial charge in [-0.15, -0.1) is 0 Å². The van der Waals surface area contributed by atoms with E-state index in [0.717, 1.165) is 18.8 Å². The molecule has 1 heterocycles. The first-order valence-electron chi connectivity index (χ1n) is 7.89. The van der Waals surface area contributed by atoms with E-state index in [9.17, 15) is 9.59 Å². The van der Waals surface area contributed by atoms with Gasteiger partial charge in [-0.05, 0) is 24.6 Å². The van der Waals surface area contributed by atoms with Crippen LogP contribution in [0.4, 0.5) is 0 Å². The van der Waals surface area contributed by atoms with Crippen LogP contribution in [-0.4, -0.2) is 60.1 Å². The molecular weight excluding hydrogens is 296 g/mol. The minimum Gasteiger partial charge on any atom is -0.497 e. The quantitative estimate of drug-likeness (QED) is 0.865. The molecular formula is C17H24N2O4. The van der Waals surface area contributed by atoms with Gasteiger partial charge in [0.05, 0.1) is 13.5 Å². The molecule has 1 amide bonds. The highest BCUT2D eigenvalue weighted by molar-refractivity contribution is 5.80. The summed E-state index contributed by atoms with van der Waals surface area (Å²) in [5, 5.41) is 8.65. The SMILES string of the molecule is COc1ccc(C(C)N2CCN(C(=O)CCC(=O)O)CC2)cc1. The summed E-state index contributed by atoms with van der Waals surface area (Å²) in [6.07, 6.45) is -0.00926. The molecule has 1 aliphatic heterocycles. The highest BCUT2D eigenvalue weighted by atomic mass is 16.5. The second-order valence-corrected chi connectivity index (χ2v) is 5.76. The number of carboxylic acids is 1. The van der Waals surface area contributed by atoms with Crippen LogP contribution >= 0.6 is 0 Å². The second kappa shape index (κ2) is 7.97. The Hall–Kier alpha value is -2.08. The van der Waals surface area contributed by atoms with Gasteiger partial charge < -0.3 is 14.7 Å². The average Bonchev–Trinajstić information content (AvgIpc) is 2.59. The monoisotopic (exact) mass is 320 g/mol. The van der Waals surface area contributed by atoms with Crippen LogP contribution in [0.25, 0.3) is 0 Å². The van der Waals surface area contributed by atoms with Gasteiger partial charge in [0.15, 0.2) is 0 Å². The van der Waals surface area contributed by atoms with E-state index >= 15 is 0 Å². The minimum absolute atomic E-state index is 0.0656. The molecule has 0 bridgehead atoms. The number of hydrogen-bond acceptors (Lipinski definition) is 4. The molecule has 0 aromatic heterocycles. The minimum atomic E-state index is -0.926. The van der Waals surface area contributed by atoms with Gasteiger partial charge in [0.25, 0.3) is 0 Å². The number of carbonyl (C=O) groups is 2. The molecule has 1 saturated heterocycles. The molecule has 0 radical (unpaired) electrons. The highest BCUT2D eigenvalue weighted by Crippen LogP contribution is 2.23. The van der Waals surface area contributed by atoms with Gasteiger partial charge in [-0.2, -0.15) is 0 Å². The fourth-order valence-corrected chi connectivity index (χ4v) is 2.82. The molecule has 6 heteroatoms. The first-order valence-corrected chi connectivity index (χ1v) is 7.89. The first-order chi connectivity index (χ1) is 11.0. The topological polar surface area (TPSA) is 70.1 Å². The third-order valence-corrected chi connectivity index (χ3v) is 4.37. The average molecular weight is 320 g/mol. The Morgan fingerprint density at radius 1 is 1.13 bits per heavy atom. The fraction of sp³-hybridized carbons (Fsp3) is 0.529. The van der Waals surface area contributed by atoms with Crippen molar-refractivity contribution in [3.63, 3.8) is 0 Å². The lowest BCUT2D eigenvalue weighted by Crippen LogP contribution is -2.49. The Bertz CT molecular complexity index is 536. The molecule has 1 aliphatic rings. The summed E-state index contributed by atoms with van der Waals surface area (Å²) in [6.45, 7) is 5.06. The van der Waals surface area contributed by atoms with Gasteiger partial charge >= 0.3 is 5.97 Å². The molecule has 23 heavy (non-hydrogen) atoms. The van der Waals surface area contributed by atoms with Crippen molar-refractivity contribution in [2.24, 2.45) is 0 Å². The Morgan fingerprint density at radius 2 is 1.74 bits per heavy atom. The summed E-state index contributed by atoms with van der Waals surface area (Å²) in [5.74, 6) is -0.149. The Labute approximate surface area is 136 Å². The molecule has 1 N–H and O–H groups in total. The number of nitrogens with zero attached hydrogens (tertiary/aromatic N) is 2. The predicted molar refractivity (Wildman–Crippen MR) is 86.4 cm³/mol. The number of ether oxygens (including phenoxy) is 1. The van der Waals surface area contributed by atoms with E-state index in [1.54, 1.807) is 12.0 Å². The predicted octanol–water partition coefficient (Wildman–Crippen LogP) is 1.77. The van der Waals surface area contributed by atoms with Gasteiger partial charge in [-0.25, -0.2) is 0 Å². The molecule has 1 aromatic carbocycles. The van der Waals surface area contributed by atoms with Gasteiger partial charge in [0, 0.05) is 38.6 Å². The lowest BCUT2D eigenvalue weighted by atomic mass is 10.1. The number of aliphatic carboxylic acids is 1. The van der Waals surface area contributed by atoms with Crippen LogP contribution in [-0.2, 0) is 9.59 Å². The third kappa shape index (κ3) is 4.69. The van der Waals surface area contributed by atoms with Crippen LogP contribution in [0.5, 0.6) is 5.75 Å². The van der Waals surface area contributed by atoms with Gasteiger partial charge in [-0.3, -0.25) is 14.5 Å². The Morgan fingerprint density at radius 3 is 2.26 bits per heavy atom. The normalized spacial score (nSPS) is 16.9. The maximum Gasteiger partial charge on any atom is 0.303 e. The highest BCUT2D eigenvalue weighted by Gasteiger charge is 2.24. The summed E-state index contributed by atoms with van der Waals surface area (Å²) in [7, 11) is 1.65. The molecule has 1 unspecified atom stereocenters. The number of piperazine rings is 1. The maximum atomic E-state index is 11.9. The van der Waals surface area contributed by atoms with Gasteiger partial charge in [0.2, 0.25) is 5.91 Å². The number of methoxy groups -OCH3 is 1.